The molecule has 1 aromatic heterocycles. The van der Waals surface area contributed by atoms with E-state index < -0.39 is 5.97 Å². The van der Waals surface area contributed by atoms with Crippen molar-refractivity contribution < 1.29 is 9.90 Å². The highest BCUT2D eigenvalue weighted by molar-refractivity contribution is 7.99. The second-order valence-electron chi connectivity index (χ2n) is 4.56. The summed E-state index contributed by atoms with van der Waals surface area (Å²) in [4.78, 5) is 11.4. The molecule has 2 aromatic rings. The molecule has 7 heteroatoms. The first-order valence-corrected chi connectivity index (χ1v) is 7.83. The molecule has 1 aromatic carbocycles. The molecule has 2 rings (SSSR count). The summed E-state index contributed by atoms with van der Waals surface area (Å²) in [6.07, 6.45) is 0.923. The van der Waals surface area contributed by atoms with E-state index in [-0.39, 0.29) is 11.4 Å². The van der Waals surface area contributed by atoms with Gasteiger partial charge in [-0.1, -0.05) is 24.6 Å². The first-order valence-electron chi connectivity index (χ1n) is 6.46. The average Bonchev–Trinajstić information content (AvgIpc) is 2.76. The van der Waals surface area contributed by atoms with E-state index in [1.54, 1.807) is 6.07 Å². The van der Waals surface area contributed by atoms with Crippen LogP contribution in [0.4, 0.5) is 5.82 Å². The van der Waals surface area contributed by atoms with E-state index >= 15 is 0 Å². The zero-order valence-electron chi connectivity index (χ0n) is 11.8. The molecule has 0 aliphatic rings. The number of nitrogen functional groups attached to an aromatic ring is 1. The number of halogens is 1. The quantitative estimate of drug-likeness (QED) is 0.821. The van der Waals surface area contributed by atoms with E-state index in [0.717, 1.165) is 17.7 Å². The van der Waals surface area contributed by atoms with Gasteiger partial charge in [0.05, 0.1) is 5.69 Å². The summed E-state index contributed by atoms with van der Waals surface area (Å²) >= 11 is 7.49. The number of anilines is 1. The fourth-order valence-corrected chi connectivity index (χ4v) is 2.87. The second-order valence-corrected chi connectivity index (χ2v) is 6.06. The highest BCUT2D eigenvalue weighted by atomic mass is 35.5. The normalized spacial score (nSPS) is 10.8. The molecule has 0 fully saturated rings. The van der Waals surface area contributed by atoms with Crippen molar-refractivity contribution >= 4 is 35.1 Å². The molecule has 21 heavy (non-hydrogen) atoms. The molecule has 0 saturated carbocycles. The van der Waals surface area contributed by atoms with E-state index in [4.69, 9.17) is 17.3 Å². The zero-order valence-corrected chi connectivity index (χ0v) is 13.3. The third-order valence-electron chi connectivity index (χ3n) is 2.95. The lowest BCUT2D eigenvalue weighted by atomic mass is 10.2. The molecule has 0 bridgehead atoms. The van der Waals surface area contributed by atoms with Crippen molar-refractivity contribution in [3.63, 3.8) is 0 Å². The highest BCUT2D eigenvalue weighted by Crippen LogP contribution is 2.30. The molecule has 0 atom stereocenters. The third kappa shape index (κ3) is 3.16. The smallest absolute Gasteiger partial charge is 0.342 e. The van der Waals surface area contributed by atoms with Gasteiger partial charge in [0.15, 0.2) is 0 Å². The maximum absolute atomic E-state index is 11.4. The van der Waals surface area contributed by atoms with Gasteiger partial charge in [-0.25, -0.2) is 9.48 Å². The molecule has 0 aliphatic carbocycles. The van der Waals surface area contributed by atoms with Crippen LogP contribution < -0.4 is 5.73 Å². The van der Waals surface area contributed by atoms with E-state index in [1.807, 2.05) is 26.0 Å². The first kappa shape index (κ1) is 15.7. The van der Waals surface area contributed by atoms with Gasteiger partial charge in [-0.05, 0) is 36.8 Å². The minimum Gasteiger partial charge on any atom is -0.477 e. The Bertz CT molecular complexity index is 685. The van der Waals surface area contributed by atoms with Crippen LogP contribution in [0.2, 0.25) is 5.02 Å². The lowest BCUT2D eigenvalue weighted by Crippen LogP contribution is -2.06. The Morgan fingerprint density at radius 3 is 2.81 bits per heavy atom. The van der Waals surface area contributed by atoms with Crippen molar-refractivity contribution in [1.29, 1.82) is 0 Å². The van der Waals surface area contributed by atoms with Crippen LogP contribution >= 0.6 is 23.4 Å². The number of aryl methyl sites for hydroxylation is 1. The summed E-state index contributed by atoms with van der Waals surface area (Å²) in [6, 6.07) is 5.38. The molecule has 0 aliphatic heterocycles. The fraction of sp³-hybridized carbons (Fsp3) is 0.286. The van der Waals surface area contributed by atoms with Crippen LogP contribution in [0.1, 0.15) is 29.3 Å². The number of nitrogens with zero attached hydrogens (tertiary/aromatic N) is 2. The monoisotopic (exact) mass is 325 g/mol. The SMILES string of the molecule is CCCSc1nn(-c2ccc(C)c(Cl)c2)c(N)c1C(=O)O. The van der Waals surface area contributed by atoms with Crippen LogP contribution in [0.3, 0.4) is 0 Å². The van der Waals surface area contributed by atoms with Crippen molar-refractivity contribution in [2.45, 2.75) is 25.3 Å². The van der Waals surface area contributed by atoms with Crippen LogP contribution in [0.25, 0.3) is 5.69 Å². The summed E-state index contributed by atoms with van der Waals surface area (Å²) in [7, 11) is 0. The molecule has 1 heterocycles. The number of aromatic carboxylic acids is 1. The Morgan fingerprint density at radius 1 is 1.52 bits per heavy atom. The summed E-state index contributed by atoms with van der Waals surface area (Å²) < 4.78 is 1.42. The Balaban J connectivity index is 2.53. The number of carbonyl (C=O) groups is 1. The molecule has 0 unspecified atom stereocenters. The van der Waals surface area contributed by atoms with Gasteiger partial charge in [-0.2, -0.15) is 5.10 Å². The van der Waals surface area contributed by atoms with Crippen molar-refractivity contribution in [2.24, 2.45) is 0 Å². The van der Waals surface area contributed by atoms with Gasteiger partial charge >= 0.3 is 5.97 Å². The second kappa shape index (κ2) is 6.41. The van der Waals surface area contributed by atoms with Gasteiger partial charge in [0, 0.05) is 5.02 Å². The van der Waals surface area contributed by atoms with E-state index in [2.05, 4.69) is 5.10 Å². The summed E-state index contributed by atoms with van der Waals surface area (Å²) in [5, 5.41) is 14.7. The summed E-state index contributed by atoms with van der Waals surface area (Å²) in [5.74, 6) is -0.178. The molecule has 0 saturated heterocycles. The Morgan fingerprint density at radius 2 is 2.24 bits per heavy atom. The molecular weight excluding hydrogens is 310 g/mol. The van der Waals surface area contributed by atoms with Crippen LogP contribution in [0, 0.1) is 6.92 Å². The molecular formula is C14H16ClN3O2S. The van der Waals surface area contributed by atoms with Crippen LogP contribution in [0.15, 0.2) is 23.2 Å². The maximum atomic E-state index is 11.4. The van der Waals surface area contributed by atoms with Crippen molar-refractivity contribution in [3.05, 3.63) is 34.3 Å². The minimum atomic E-state index is -1.07. The third-order valence-corrected chi connectivity index (χ3v) is 4.52. The molecule has 0 radical (unpaired) electrons. The number of nitrogens with two attached hydrogens (primary N) is 1. The predicted octanol–water partition coefficient (Wildman–Crippen LogP) is 3.62. The van der Waals surface area contributed by atoms with Gasteiger partial charge < -0.3 is 10.8 Å². The number of benzene rings is 1. The van der Waals surface area contributed by atoms with Gasteiger partial charge in [-0.3, -0.25) is 0 Å². The molecule has 112 valence electrons. The first-order chi connectivity index (χ1) is 9.95. The van der Waals surface area contributed by atoms with Crippen LogP contribution in [0.5, 0.6) is 0 Å². The van der Waals surface area contributed by atoms with E-state index in [9.17, 15) is 9.90 Å². The van der Waals surface area contributed by atoms with Crippen LogP contribution in [-0.2, 0) is 0 Å². The number of hydrogen-bond acceptors (Lipinski definition) is 4. The largest absolute Gasteiger partial charge is 0.477 e. The lowest BCUT2D eigenvalue weighted by molar-refractivity contribution is 0.0694. The number of carboxylic acids is 1. The van der Waals surface area contributed by atoms with Gasteiger partial charge in [0.2, 0.25) is 0 Å². The number of aromatic nitrogens is 2. The average molecular weight is 326 g/mol. The summed E-state index contributed by atoms with van der Waals surface area (Å²) in [5.41, 5.74) is 7.59. The van der Waals surface area contributed by atoms with Crippen molar-refractivity contribution in [3.8, 4) is 5.69 Å². The lowest BCUT2D eigenvalue weighted by Gasteiger charge is -2.06. The van der Waals surface area contributed by atoms with Gasteiger partial charge in [0.1, 0.15) is 16.4 Å². The van der Waals surface area contributed by atoms with Crippen molar-refractivity contribution in [2.75, 3.05) is 11.5 Å². The highest BCUT2D eigenvalue weighted by Gasteiger charge is 2.22. The topological polar surface area (TPSA) is 81.1 Å². The molecule has 0 spiro atoms. The Hall–Kier alpha value is -1.66. The molecule has 0 amide bonds. The van der Waals surface area contributed by atoms with Crippen molar-refractivity contribution in [1.82, 2.24) is 9.78 Å². The Kier molecular flexibility index (Phi) is 4.80. The predicted molar refractivity (Wildman–Crippen MR) is 85.7 cm³/mol. The number of rotatable bonds is 5. The number of thioether (sulfide) groups is 1. The van der Waals surface area contributed by atoms with Crippen LogP contribution in [-0.4, -0.2) is 26.6 Å². The van der Waals surface area contributed by atoms with E-state index in [1.165, 1.54) is 16.4 Å². The maximum Gasteiger partial charge on any atom is 0.342 e. The summed E-state index contributed by atoms with van der Waals surface area (Å²) in [6.45, 7) is 3.91. The van der Waals surface area contributed by atoms with E-state index in [0.29, 0.717) is 15.7 Å². The Labute approximate surface area is 132 Å². The fourth-order valence-electron chi connectivity index (χ4n) is 1.82. The molecule has 5 nitrogen and oxygen atoms in total. The van der Waals surface area contributed by atoms with Gasteiger partial charge in [-0.15, -0.1) is 11.8 Å². The minimum absolute atomic E-state index is 0.0464. The molecule has 3 N–H and O–H groups in total. The zero-order chi connectivity index (χ0) is 15.6. The number of carboxylic acid groups (broad SMARTS) is 1. The number of hydrogen-bond donors (Lipinski definition) is 2. The van der Waals surface area contributed by atoms with Gasteiger partial charge in [0.25, 0.3) is 0 Å². The standard InChI is InChI=1S/C14H16ClN3O2S/c1-3-6-21-13-11(14(19)20)12(16)18(17-13)9-5-4-8(2)10(15)7-9/h4-5,7H,3,6,16H2,1-2H3,(H,19,20).